The van der Waals surface area contributed by atoms with E-state index in [9.17, 15) is 4.79 Å². The molecule has 0 radical (unpaired) electrons. The number of halogens is 2. The van der Waals surface area contributed by atoms with Crippen LogP contribution < -0.4 is 4.74 Å². The van der Waals surface area contributed by atoms with Crippen LogP contribution in [-0.2, 0) is 4.74 Å². The predicted octanol–water partition coefficient (Wildman–Crippen LogP) is 5.82. The Hall–Kier alpha value is -3.27. The van der Waals surface area contributed by atoms with Gasteiger partial charge in [-0.3, -0.25) is 4.40 Å². The van der Waals surface area contributed by atoms with Crippen molar-refractivity contribution in [1.82, 2.24) is 24.5 Å². The summed E-state index contributed by atoms with van der Waals surface area (Å²) in [5, 5.41) is 9.40. The highest BCUT2D eigenvalue weighted by Gasteiger charge is 2.32. The third-order valence-electron chi connectivity index (χ3n) is 5.97. The highest BCUT2D eigenvalue weighted by atomic mass is 79.9. The summed E-state index contributed by atoms with van der Waals surface area (Å²) in [6, 6.07) is 13.2. The number of hydrogen-bond donors (Lipinski definition) is 0. The molecule has 3 aromatic heterocycles. The molecular formula is C26H27BrFN5O3. The summed E-state index contributed by atoms with van der Waals surface area (Å²) in [6.45, 7) is 6.08. The van der Waals surface area contributed by atoms with Gasteiger partial charge < -0.3 is 14.4 Å². The number of rotatable bonds is 3. The maximum atomic E-state index is 15.1. The fraction of sp³-hybridized carbons (Fsp3) is 0.385. The second-order valence-corrected chi connectivity index (χ2v) is 10.8. The van der Waals surface area contributed by atoms with Gasteiger partial charge in [0.1, 0.15) is 34.8 Å². The SMILES string of the molecule is CC(C)(C)OC(=O)N1CCC(F)C(Oc2cccc3ccc(-c4nnc5ccc(Br)cn45)nc23)CC1. The lowest BCUT2D eigenvalue weighted by Crippen LogP contribution is -2.37. The van der Waals surface area contributed by atoms with Crippen LogP contribution in [0.4, 0.5) is 9.18 Å². The van der Waals surface area contributed by atoms with Crippen molar-refractivity contribution in [3.63, 3.8) is 0 Å². The number of ether oxygens (including phenoxy) is 2. The zero-order valence-electron chi connectivity index (χ0n) is 20.3. The van der Waals surface area contributed by atoms with Crippen LogP contribution in [0.2, 0.25) is 0 Å². The van der Waals surface area contributed by atoms with Crippen molar-refractivity contribution >= 4 is 38.6 Å². The minimum Gasteiger partial charge on any atom is -0.485 e. The van der Waals surface area contributed by atoms with Gasteiger partial charge >= 0.3 is 6.09 Å². The molecule has 4 aromatic rings. The van der Waals surface area contributed by atoms with E-state index in [0.717, 1.165) is 9.86 Å². The van der Waals surface area contributed by atoms with Crippen molar-refractivity contribution in [1.29, 1.82) is 0 Å². The number of likely N-dealkylation sites (tertiary alicyclic amines) is 1. The van der Waals surface area contributed by atoms with Gasteiger partial charge in [0.15, 0.2) is 11.5 Å². The smallest absolute Gasteiger partial charge is 0.410 e. The highest BCUT2D eigenvalue weighted by Crippen LogP contribution is 2.30. The Morgan fingerprint density at radius 1 is 1.08 bits per heavy atom. The molecule has 1 aromatic carbocycles. The first-order chi connectivity index (χ1) is 17.2. The number of fused-ring (bicyclic) bond motifs is 2. The van der Waals surface area contributed by atoms with Gasteiger partial charge in [-0.2, -0.15) is 0 Å². The van der Waals surface area contributed by atoms with Gasteiger partial charge in [0.25, 0.3) is 0 Å². The van der Waals surface area contributed by atoms with Gasteiger partial charge in [0.05, 0.1) is 0 Å². The van der Waals surface area contributed by atoms with Gasteiger partial charge in [0.2, 0.25) is 0 Å². The summed E-state index contributed by atoms with van der Waals surface area (Å²) >= 11 is 3.48. The van der Waals surface area contributed by atoms with Crippen molar-refractivity contribution in [3.05, 3.63) is 53.1 Å². The first-order valence-electron chi connectivity index (χ1n) is 11.9. The second-order valence-electron chi connectivity index (χ2n) is 9.84. The molecule has 1 amide bonds. The van der Waals surface area contributed by atoms with E-state index in [1.807, 2.05) is 67.8 Å². The Morgan fingerprint density at radius 2 is 1.89 bits per heavy atom. The number of carbonyl (C=O) groups excluding carboxylic acids is 1. The van der Waals surface area contributed by atoms with Crippen LogP contribution >= 0.6 is 15.9 Å². The molecule has 2 atom stereocenters. The molecule has 5 rings (SSSR count). The summed E-state index contributed by atoms with van der Waals surface area (Å²) < 4.78 is 29.5. The Kier molecular flexibility index (Phi) is 6.55. The van der Waals surface area contributed by atoms with Crippen molar-refractivity contribution in [2.24, 2.45) is 0 Å². The van der Waals surface area contributed by atoms with Crippen LogP contribution in [0.5, 0.6) is 5.75 Å². The molecule has 2 unspecified atom stereocenters. The molecule has 0 saturated carbocycles. The molecular weight excluding hydrogens is 529 g/mol. The van der Waals surface area contributed by atoms with Crippen molar-refractivity contribution < 1.29 is 18.7 Å². The molecule has 0 aliphatic carbocycles. The molecule has 0 spiro atoms. The van der Waals surface area contributed by atoms with Gasteiger partial charge in [-0.15, -0.1) is 10.2 Å². The maximum absolute atomic E-state index is 15.1. The predicted molar refractivity (Wildman–Crippen MR) is 138 cm³/mol. The number of hydrogen-bond acceptors (Lipinski definition) is 6. The number of nitrogens with zero attached hydrogens (tertiary/aromatic N) is 5. The molecule has 8 nitrogen and oxygen atoms in total. The maximum Gasteiger partial charge on any atom is 0.410 e. The monoisotopic (exact) mass is 555 g/mol. The molecule has 1 fully saturated rings. The fourth-order valence-corrected chi connectivity index (χ4v) is 4.56. The Morgan fingerprint density at radius 3 is 2.69 bits per heavy atom. The lowest BCUT2D eigenvalue weighted by atomic mass is 10.1. The number of alkyl halides is 1. The number of pyridine rings is 2. The molecule has 188 valence electrons. The van der Waals surface area contributed by atoms with Gasteiger partial charge in [0, 0.05) is 35.6 Å². The Balaban J connectivity index is 1.41. The molecule has 1 aliphatic rings. The lowest BCUT2D eigenvalue weighted by Gasteiger charge is -2.26. The van der Waals surface area contributed by atoms with Crippen molar-refractivity contribution in [2.75, 3.05) is 13.1 Å². The number of aromatic nitrogens is 4. The minimum atomic E-state index is -1.23. The number of para-hydroxylation sites is 1. The van der Waals surface area contributed by atoms with Gasteiger partial charge in [-0.05, 0) is 67.4 Å². The molecule has 4 heterocycles. The van der Waals surface area contributed by atoms with E-state index in [1.54, 1.807) is 11.0 Å². The van der Waals surface area contributed by atoms with E-state index in [-0.39, 0.29) is 13.0 Å². The van der Waals surface area contributed by atoms with Crippen LogP contribution in [0.15, 0.2) is 53.1 Å². The third-order valence-corrected chi connectivity index (χ3v) is 6.44. The van der Waals surface area contributed by atoms with E-state index >= 15 is 4.39 Å². The zero-order chi connectivity index (χ0) is 25.4. The van der Waals surface area contributed by atoms with Crippen LogP contribution in [-0.4, -0.2) is 61.5 Å². The first kappa shape index (κ1) is 24.4. The summed E-state index contributed by atoms with van der Waals surface area (Å²) in [6.07, 6.45) is 0.0352. The fourth-order valence-electron chi connectivity index (χ4n) is 4.22. The average Bonchev–Trinajstić information content (AvgIpc) is 3.15. The van der Waals surface area contributed by atoms with Crippen LogP contribution in [0.3, 0.4) is 0 Å². The van der Waals surface area contributed by atoms with E-state index in [0.29, 0.717) is 41.4 Å². The minimum absolute atomic E-state index is 0.175. The van der Waals surface area contributed by atoms with Gasteiger partial charge in [-0.25, -0.2) is 14.2 Å². The Bertz CT molecular complexity index is 1420. The van der Waals surface area contributed by atoms with Crippen LogP contribution in [0, 0.1) is 0 Å². The van der Waals surface area contributed by atoms with E-state index in [2.05, 4.69) is 26.1 Å². The second kappa shape index (κ2) is 9.65. The third kappa shape index (κ3) is 5.13. The highest BCUT2D eigenvalue weighted by molar-refractivity contribution is 9.10. The number of carbonyl (C=O) groups is 1. The molecule has 36 heavy (non-hydrogen) atoms. The summed E-state index contributed by atoms with van der Waals surface area (Å²) in [7, 11) is 0. The molecule has 0 bridgehead atoms. The number of amides is 1. The van der Waals surface area contributed by atoms with Gasteiger partial charge in [-0.1, -0.05) is 18.2 Å². The molecule has 1 aliphatic heterocycles. The lowest BCUT2D eigenvalue weighted by molar-refractivity contribution is 0.0252. The number of benzene rings is 1. The van der Waals surface area contributed by atoms with Crippen LogP contribution in [0.25, 0.3) is 28.1 Å². The first-order valence-corrected chi connectivity index (χ1v) is 12.7. The summed E-state index contributed by atoms with van der Waals surface area (Å²) in [4.78, 5) is 18.9. The van der Waals surface area contributed by atoms with Crippen molar-refractivity contribution in [3.8, 4) is 17.3 Å². The summed E-state index contributed by atoms with van der Waals surface area (Å²) in [5.74, 6) is 1.08. The van der Waals surface area contributed by atoms with Crippen LogP contribution in [0.1, 0.15) is 33.6 Å². The van der Waals surface area contributed by atoms with E-state index in [4.69, 9.17) is 14.5 Å². The Labute approximate surface area is 216 Å². The van der Waals surface area contributed by atoms with E-state index < -0.39 is 24.0 Å². The summed E-state index contributed by atoms with van der Waals surface area (Å²) in [5.41, 5.74) is 1.33. The standard InChI is InChI=1S/C26H27BrFN5O3/c1-26(2,3)36-25(34)32-13-11-18(28)20(12-14-32)35-21-6-4-5-16-7-9-19(29-23(16)21)24-31-30-22-10-8-17(27)15-33(22)24/h4-10,15,18,20H,11-14H2,1-3H3. The molecule has 10 heteroatoms. The van der Waals surface area contributed by atoms with E-state index in [1.165, 1.54) is 0 Å². The molecule has 1 saturated heterocycles. The quantitative estimate of drug-likeness (QED) is 0.316. The molecule has 0 N–H and O–H groups in total. The zero-order valence-corrected chi connectivity index (χ0v) is 21.9. The topological polar surface area (TPSA) is 81.8 Å². The normalized spacial score (nSPS) is 18.9. The largest absolute Gasteiger partial charge is 0.485 e. The average molecular weight is 556 g/mol. The van der Waals surface area contributed by atoms with Crippen molar-refractivity contribution in [2.45, 2.75) is 51.5 Å².